The van der Waals surface area contributed by atoms with Gasteiger partial charge in [0.05, 0.1) is 5.01 Å². The minimum atomic E-state index is -0.342. The van der Waals surface area contributed by atoms with E-state index in [4.69, 9.17) is 4.52 Å². The van der Waals surface area contributed by atoms with Crippen LogP contribution < -0.4 is 5.32 Å². The maximum absolute atomic E-state index is 13.3. The van der Waals surface area contributed by atoms with Crippen LogP contribution in [-0.4, -0.2) is 55.1 Å². The lowest BCUT2D eigenvalue weighted by Gasteiger charge is -2.31. The van der Waals surface area contributed by atoms with Gasteiger partial charge in [0.2, 0.25) is 5.95 Å². The second-order valence-corrected chi connectivity index (χ2v) is 9.05. The summed E-state index contributed by atoms with van der Waals surface area (Å²) in [6, 6.07) is 9.58. The highest BCUT2D eigenvalue weighted by molar-refractivity contribution is 7.10. The summed E-state index contributed by atoms with van der Waals surface area (Å²) in [5.74, 6) is 1.14. The number of hydrogen-bond donors (Lipinski definition) is 2. The van der Waals surface area contributed by atoms with E-state index in [2.05, 4.69) is 30.6 Å². The number of nitrogens with zero attached hydrogens (tertiary/aromatic N) is 5. The monoisotopic (exact) mass is 477 g/mol. The second kappa shape index (κ2) is 9.18. The van der Waals surface area contributed by atoms with Gasteiger partial charge in [-0.25, -0.2) is 4.98 Å². The third kappa shape index (κ3) is 4.34. The highest BCUT2D eigenvalue weighted by Crippen LogP contribution is 2.33. The summed E-state index contributed by atoms with van der Waals surface area (Å²) in [6.07, 6.45) is 1.54. The van der Waals surface area contributed by atoms with Gasteiger partial charge in [-0.15, -0.1) is 16.4 Å². The molecule has 1 fully saturated rings. The predicted octanol–water partition coefficient (Wildman–Crippen LogP) is 3.81. The van der Waals surface area contributed by atoms with Crippen LogP contribution in [0.3, 0.4) is 0 Å². The third-order valence-corrected chi connectivity index (χ3v) is 6.84. The second-order valence-electron chi connectivity index (χ2n) is 8.16. The highest BCUT2D eigenvalue weighted by atomic mass is 32.1. The fourth-order valence-corrected chi connectivity index (χ4v) is 5.02. The van der Waals surface area contributed by atoms with Crippen LogP contribution in [0.4, 0.5) is 5.95 Å². The molecule has 0 unspecified atom stereocenters. The number of anilines is 1. The fourth-order valence-electron chi connectivity index (χ4n) is 4.05. The molecule has 1 aromatic carbocycles. The predicted molar refractivity (Wildman–Crippen MR) is 126 cm³/mol. The molecule has 0 atom stereocenters. The van der Waals surface area contributed by atoms with Crippen LogP contribution in [0.2, 0.25) is 0 Å². The molecule has 0 aliphatic carbocycles. The number of carbonyl (C=O) groups is 2. The Balaban J connectivity index is 1.23. The van der Waals surface area contributed by atoms with Crippen LogP contribution >= 0.6 is 11.3 Å². The van der Waals surface area contributed by atoms with Gasteiger partial charge in [0.15, 0.2) is 0 Å². The van der Waals surface area contributed by atoms with Crippen molar-refractivity contribution in [3.8, 4) is 11.3 Å². The lowest BCUT2D eigenvalue weighted by Crippen LogP contribution is -2.38. The molecule has 3 aromatic heterocycles. The zero-order valence-corrected chi connectivity index (χ0v) is 19.6. The van der Waals surface area contributed by atoms with E-state index in [1.54, 1.807) is 19.2 Å². The topological polar surface area (TPSA) is 130 Å². The normalized spacial score (nSPS) is 14.4. The van der Waals surface area contributed by atoms with Crippen molar-refractivity contribution in [3.05, 3.63) is 63.6 Å². The fraction of sp³-hybridized carbons (Fsp3) is 0.304. The third-order valence-electron chi connectivity index (χ3n) is 5.83. The van der Waals surface area contributed by atoms with E-state index in [0.29, 0.717) is 41.6 Å². The molecule has 1 saturated heterocycles. The van der Waals surface area contributed by atoms with Gasteiger partial charge in [-0.05, 0) is 26.7 Å². The van der Waals surface area contributed by atoms with E-state index in [1.807, 2.05) is 35.2 Å². The van der Waals surface area contributed by atoms with Crippen LogP contribution in [0.1, 0.15) is 56.2 Å². The van der Waals surface area contributed by atoms with Gasteiger partial charge in [-0.2, -0.15) is 4.98 Å². The number of nitrogens with one attached hydrogen (secondary N) is 2. The summed E-state index contributed by atoms with van der Waals surface area (Å²) in [6.45, 7) is 4.72. The summed E-state index contributed by atoms with van der Waals surface area (Å²) in [5.41, 5.74) is 2.28. The Kier molecular flexibility index (Phi) is 5.93. The summed E-state index contributed by atoms with van der Waals surface area (Å²) in [5, 5.41) is 16.0. The van der Waals surface area contributed by atoms with E-state index >= 15 is 0 Å². The summed E-state index contributed by atoms with van der Waals surface area (Å²) in [4.78, 5) is 36.2. The summed E-state index contributed by atoms with van der Waals surface area (Å²) < 4.78 is 5.37. The van der Waals surface area contributed by atoms with Crippen molar-refractivity contribution in [2.24, 2.45) is 0 Å². The van der Waals surface area contributed by atoms with Crippen molar-refractivity contribution in [2.45, 2.75) is 32.6 Å². The Bertz CT molecular complexity index is 1320. The molecule has 1 aliphatic heterocycles. The Morgan fingerprint density at radius 3 is 2.62 bits per heavy atom. The zero-order chi connectivity index (χ0) is 23.7. The molecule has 4 aromatic rings. The first kappa shape index (κ1) is 22.0. The molecule has 10 nitrogen and oxygen atoms in total. The molecular weight excluding hydrogens is 454 g/mol. The molecule has 5 rings (SSSR count). The van der Waals surface area contributed by atoms with E-state index in [1.165, 1.54) is 11.3 Å². The average Bonchev–Trinajstić information content (AvgIpc) is 3.59. The lowest BCUT2D eigenvalue weighted by atomic mass is 9.96. The molecular formula is C23H23N7O3S. The first-order valence-electron chi connectivity index (χ1n) is 11.0. The first-order chi connectivity index (χ1) is 16.5. The van der Waals surface area contributed by atoms with Crippen LogP contribution in [-0.2, 0) is 0 Å². The van der Waals surface area contributed by atoms with Crippen molar-refractivity contribution >= 4 is 29.1 Å². The molecule has 2 amide bonds. The number of aromatic nitrogens is 5. The minimum Gasteiger partial charge on any atom is -0.360 e. The van der Waals surface area contributed by atoms with Crippen LogP contribution in [0, 0.1) is 13.8 Å². The van der Waals surface area contributed by atoms with Gasteiger partial charge in [0.1, 0.15) is 28.5 Å². The molecule has 0 spiro atoms. The van der Waals surface area contributed by atoms with Gasteiger partial charge in [0, 0.05) is 30.0 Å². The summed E-state index contributed by atoms with van der Waals surface area (Å²) in [7, 11) is 0. The number of rotatable bonds is 5. The first-order valence-corrected chi connectivity index (χ1v) is 11.8. The number of piperidine rings is 1. The highest BCUT2D eigenvalue weighted by Gasteiger charge is 2.31. The Morgan fingerprint density at radius 1 is 1.15 bits per heavy atom. The molecule has 34 heavy (non-hydrogen) atoms. The Morgan fingerprint density at radius 2 is 1.91 bits per heavy atom. The Hall–Kier alpha value is -3.86. The maximum atomic E-state index is 13.3. The van der Waals surface area contributed by atoms with Gasteiger partial charge >= 0.3 is 0 Å². The molecule has 0 bridgehead atoms. The zero-order valence-electron chi connectivity index (χ0n) is 18.7. The Labute approximate surface area is 199 Å². The standard InChI is InChI=1S/C23H23N7O3S/c1-13-18(19(29-33-13)15-6-4-3-5-7-15)22(32)30-10-8-16(9-11-30)21-25-17(12-34-21)20(31)26-23-24-14(2)27-28-23/h3-7,12,16H,8-11H2,1-2H3,(H2,24,26,27,28,31). The SMILES string of the molecule is Cc1nc(NC(=O)c2csc(C3CCN(C(=O)c4c(-c5ccccc5)noc4C)CC3)n2)n[nH]1. The van der Waals surface area contributed by atoms with Gasteiger partial charge in [0.25, 0.3) is 11.8 Å². The maximum Gasteiger partial charge on any atom is 0.277 e. The van der Waals surface area contributed by atoms with Gasteiger partial charge in [-0.3, -0.25) is 20.0 Å². The smallest absolute Gasteiger partial charge is 0.277 e. The number of hydrogen-bond acceptors (Lipinski definition) is 8. The minimum absolute atomic E-state index is 0.0722. The molecule has 0 saturated carbocycles. The number of aromatic amines is 1. The van der Waals surface area contributed by atoms with Crippen LogP contribution in [0.5, 0.6) is 0 Å². The van der Waals surface area contributed by atoms with Crippen LogP contribution in [0.25, 0.3) is 11.3 Å². The number of H-pyrrole nitrogens is 1. The summed E-state index contributed by atoms with van der Waals surface area (Å²) >= 11 is 1.46. The lowest BCUT2D eigenvalue weighted by molar-refractivity contribution is 0.0711. The number of carbonyl (C=O) groups excluding carboxylic acids is 2. The van der Waals surface area contributed by atoms with E-state index < -0.39 is 0 Å². The quantitative estimate of drug-likeness (QED) is 0.447. The van der Waals surface area contributed by atoms with Gasteiger partial charge < -0.3 is 9.42 Å². The van der Waals surface area contributed by atoms with Crippen molar-refractivity contribution in [1.29, 1.82) is 0 Å². The van der Waals surface area contributed by atoms with E-state index in [-0.39, 0.29) is 23.7 Å². The molecule has 2 N–H and O–H groups in total. The largest absolute Gasteiger partial charge is 0.360 e. The number of amides is 2. The molecule has 0 radical (unpaired) electrons. The molecule has 11 heteroatoms. The van der Waals surface area contributed by atoms with E-state index in [9.17, 15) is 9.59 Å². The molecule has 1 aliphatic rings. The van der Waals surface area contributed by atoms with Crippen LogP contribution in [0.15, 0.2) is 40.2 Å². The van der Waals surface area contributed by atoms with Crippen molar-refractivity contribution in [3.63, 3.8) is 0 Å². The number of benzene rings is 1. The average molecular weight is 478 g/mol. The van der Waals surface area contributed by atoms with Crippen molar-refractivity contribution < 1.29 is 14.1 Å². The molecule has 4 heterocycles. The number of likely N-dealkylation sites (tertiary alicyclic amines) is 1. The van der Waals surface area contributed by atoms with E-state index in [0.717, 1.165) is 23.4 Å². The molecule has 174 valence electrons. The van der Waals surface area contributed by atoms with Crippen molar-refractivity contribution in [1.82, 2.24) is 30.2 Å². The number of aryl methyl sites for hydroxylation is 2. The van der Waals surface area contributed by atoms with Crippen molar-refractivity contribution in [2.75, 3.05) is 18.4 Å². The number of thiazole rings is 1. The van der Waals surface area contributed by atoms with Gasteiger partial charge in [-0.1, -0.05) is 35.5 Å².